The standard InChI is InChI=1S/C25H32N4O5S/c1-4-32-20-13-16(14-21(33-5-2)23(20)35(3)31)15-29(17-9-11-27-12-10-17)25-28-22-18(24(26)30)7-6-8-19(22)34-25/h6-8,13-14,17,27H,4-5,9-12,15H2,1-3H3,(H2,26,30). The van der Waals surface area contributed by atoms with Crippen LogP contribution < -0.4 is 25.4 Å². The van der Waals surface area contributed by atoms with Crippen molar-refractivity contribution in [2.45, 2.75) is 44.2 Å². The summed E-state index contributed by atoms with van der Waals surface area (Å²) in [6.07, 6.45) is 3.44. The van der Waals surface area contributed by atoms with Crippen molar-refractivity contribution in [3.63, 3.8) is 0 Å². The van der Waals surface area contributed by atoms with Crippen LogP contribution in [-0.2, 0) is 17.3 Å². The molecule has 1 unspecified atom stereocenters. The number of primary amides is 1. The van der Waals surface area contributed by atoms with Crippen LogP contribution >= 0.6 is 0 Å². The van der Waals surface area contributed by atoms with E-state index >= 15 is 0 Å². The van der Waals surface area contributed by atoms with Crippen LogP contribution in [-0.4, -0.2) is 53.7 Å². The van der Waals surface area contributed by atoms with Gasteiger partial charge in [-0.2, -0.15) is 4.98 Å². The number of oxazole rings is 1. The highest BCUT2D eigenvalue weighted by Crippen LogP contribution is 2.36. The van der Waals surface area contributed by atoms with Crippen molar-refractivity contribution in [1.82, 2.24) is 10.3 Å². The number of nitrogens with one attached hydrogen (secondary N) is 1. The molecule has 1 aromatic heterocycles. The summed E-state index contributed by atoms with van der Waals surface area (Å²) >= 11 is 0. The number of carbonyl (C=O) groups is 1. The van der Waals surface area contributed by atoms with Crippen LogP contribution in [0, 0.1) is 0 Å². The quantitative estimate of drug-likeness (QED) is 0.435. The summed E-state index contributed by atoms with van der Waals surface area (Å²) in [7, 11) is -1.28. The molecule has 4 rings (SSSR count). The van der Waals surface area contributed by atoms with Gasteiger partial charge in [-0.1, -0.05) is 6.07 Å². The number of piperidine rings is 1. The molecule has 188 valence electrons. The Morgan fingerprint density at radius 2 is 1.86 bits per heavy atom. The molecule has 0 bridgehead atoms. The van der Waals surface area contributed by atoms with Gasteiger partial charge in [0.15, 0.2) is 5.58 Å². The first-order chi connectivity index (χ1) is 16.9. The van der Waals surface area contributed by atoms with Crippen molar-refractivity contribution in [2.24, 2.45) is 5.73 Å². The van der Waals surface area contributed by atoms with Crippen LogP contribution in [0.1, 0.15) is 42.6 Å². The number of benzene rings is 2. The average Bonchev–Trinajstić information content (AvgIpc) is 3.27. The molecule has 3 N–H and O–H groups in total. The number of amides is 1. The number of nitrogens with two attached hydrogens (primary N) is 1. The number of hydrogen-bond donors (Lipinski definition) is 2. The number of anilines is 1. The lowest BCUT2D eigenvalue weighted by atomic mass is 10.0. The number of carbonyl (C=O) groups excluding carboxylic acids is 1. The first-order valence-corrected chi connectivity index (χ1v) is 13.4. The Kier molecular flexibility index (Phi) is 7.92. The Morgan fingerprint density at radius 1 is 1.20 bits per heavy atom. The van der Waals surface area contributed by atoms with Crippen molar-refractivity contribution >= 4 is 33.8 Å². The number of ether oxygens (including phenoxy) is 2. The topological polar surface area (TPSA) is 120 Å². The van der Waals surface area contributed by atoms with E-state index in [1.54, 1.807) is 24.5 Å². The van der Waals surface area contributed by atoms with Gasteiger partial charge in [-0.05, 0) is 69.6 Å². The molecular weight excluding hydrogens is 468 g/mol. The Bertz CT molecular complexity index is 1190. The van der Waals surface area contributed by atoms with E-state index in [1.165, 1.54) is 0 Å². The highest BCUT2D eigenvalue weighted by atomic mass is 32.2. The highest BCUT2D eigenvalue weighted by Gasteiger charge is 2.27. The van der Waals surface area contributed by atoms with Crippen LogP contribution in [0.5, 0.6) is 11.5 Å². The van der Waals surface area contributed by atoms with E-state index in [0.717, 1.165) is 31.5 Å². The third-order valence-electron chi connectivity index (χ3n) is 5.99. The molecule has 1 saturated heterocycles. The number of aromatic nitrogens is 1. The summed E-state index contributed by atoms with van der Waals surface area (Å²) in [4.78, 5) is 19.3. The summed E-state index contributed by atoms with van der Waals surface area (Å²) in [5.41, 5.74) is 7.78. The van der Waals surface area contributed by atoms with E-state index in [2.05, 4.69) is 10.2 Å². The first kappa shape index (κ1) is 25.0. The van der Waals surface area contributed by atoms with Gasteiger partial charge in [-0.15, -0.1) is 0 Å². The van der Waals surface area contributed by atoms with Gasteiger partial charge >= 0.3 is 0 Å². The Hall–Kier alpha value is -3.11. The molecule has 2 aromatic carbocycles. The van der Waals surface area contributed by atoms with Crippen molar-refractivity contribution in [1.29, 1.82) is 0 Å². The molecule has 9 nitrogen and oxygen atoms in total. The van der Waals surface area contributed by atoms with Gasteiger partial charge in [0.2, 0.25) is 0 Å². The zero-order valence-electron chi connectivity index (χ0n) is 20.3. The molecule has 1 aliphatic heterocycles. The zero-order chi connectivity index (χ0) is 24.9. The molecule has 0 aliphatic carbocycles. The maximum Gasteiger partial charge on any atom is 0.298 e. The number of hydrogen-bond acceptors (Lipinski definition) is 8. The monoisotopic (exact) mass is 500 g/mol. The minimum atomic E-state index is -1.28. The second kappa shape index (κ2) is 11.1. The van der Waals surface area contributed by atoms with E-state index in [9.17, 15) is 9.00 Å². The summed E-state index contributed by atoms with van der Waals surface area (Å²) < 4.78 is 30.3. The van der Waals surface area contributed by atoms with Gasteiger partial charge in [0, 0.05) is 18.8 Å². The third-order valence-corrected chi connectivity index (χ3v) is 6.97. The molecule has 0 saturated carbocycles. The van der Waals surface area contributed by atoms with Crippen molar-refractivity contribution in [2.75, 3.05) is 37.5 Å². The number of nitrogens with zero attached hydrogens (tertiary/aromatic N) is 2. The van der Waals surface area contributed by atoms with Crippen LogP contribution in [0.2, 0.25) is 0 Å². The van der Waals surface area contributed by atoms with Crippen molar-refractivity contribution < 1.29 is 22.9 Å². The minimum absolute atomic E-state index is 0.174. The summed E-state index contributed by atoms with van der Waals surface area (Å²) in [5, 5.41) is 3.39. The molecule has 2 heterocycles. The number of para-hydroxylation sites is 1. The Labute approximate surface area is 207 Å². The lowest BCUT2D eigenvalue weighted by molar-refractivity contribution is 0.100. The number of fused-ring (bicyclic) bond motifs is 1. The van der Waals surface area contributed by atoms with Crippen molar-refractivity contribution in [3.05, 3.63) is 41.5 Å². The molecule has 1 aliphatic rings. The molecule has 1 atom stereocenters. The first-order valence-electron chi connectivity index (χ1n) is 11.9. The van der Waals surface area contributed by atoms with Gasteiger partial charge in [0.1, 0.15) is 21.9 Å². The summed E-state index contributed by atoms with van der Waals surface area (Å²) in [5.74, 6) is 0.552. The second-order valence-electron chi connectivity index (χ2n) is 8.36. The number of rotatable bonds is 10. The third kappa shape index (κ3) is 5.43. The van der Waals surface area contributed by atoms with Gasteiger partial charge in [-0.3, -0.25) is 9.00 Å². The average molecular weight is 501 g/mol. The fourth-order valence-electron chi connectivity index (χ4n) is 4.46. The van der Waals surface area contributed by atoms with E-state index < -0.39 is 16.7 Å². The second-order valence-corrected chi connectivity index (χ2v) is 9.68. The SMILES string of the molecule is CCOc1cc(CN(c2nc3c(C(N)=O)cccc3o2)C2CCNCC2)cc(OCC)c1S(C)=O. The lowest BCUT2D eigenvalue weighted by Crippen LogP contribution is -2.43. The van der Waals surface area contributed by atoms with Crippen LogP contribution in [0.15, 0.2) is 39.6 Å². The fourth-order valence-corrected chi connectivity index (χ4v) is 5.26. The predicted molar refractivity (Wildman–Crippen MR) is 136 cm³/mol. The molecular formula is C25H32N4O5S. The Morgan fingerprint density at radius 3 is 2.43 bits per heavy atom. The Balaban J connectivity index is 1.79. The maximum absolute atomic E-state index is 12.5. The highest BCUT2D eigenvalue weighted by molar-refractivity contribution is 7.84. The van der Waals surface area contributed by atoms with Gasteiger partial charge in [0.05, 0.1) is 29.6 Å². The molecule has 3 aromatic rings. The molecule has 0 spiro atoms. The van der Waals surface area contributed by atoms with Gasteiger partial charge < -0.3 is 29.8 Å². The molecule has 0 radical (unpaired) electrons. The van der Waals surface area contributed by atoms with Gasteiger partial charge in [0.25, 0.3) is 11.9 Å². The van der Waals surface area contributed by atoms with Crippen LogP contribution in [0.4, 0.5) is 6.01 Å². The maximum atomic E-state index is 12.5. The lowest BCUT2D eigenvalue weighted by Gasteiger charge is -2.33. The fraction of sp³-hybridized carbons (Fsp3) is 0.440. The summed E-state index contributed by atoms with van der Waals surface area (Å²) in [6.45, 7) is 6.92. The molecule has 1 fully saturated rings. The predicted octanol–water partition coefficient (Wildman–Crippen LogP) is 3.22. The van der Waals surface area contributed by atoms with E-state index in [0.29, 0.717) is 58.8 Å². The van der Waals surface area contributed by atoms with E-state index in [4.69, 9.17) is 24.6 Å². The smallest absolute Gasteiger partial charge is 0.298 e. The molecule has 35 heavy (non-hydrogen) atoms. The van der Waals surface area contributed by atoms with E-state index in [-0.39, 0.29) is 6.04 Å². The van der Waals surface area contributed by atoms with Crippen molar-refractivity contribution in [3.8, 4) is 11.5 Å². The normalized spacial score (nSPS) is 15.2. The largest absolute Gasteiger partial charge is 0.492 e. The van der Waals surface area contributed by atoms with Crippen LogP contribution in [0.3, 0.4) is 0 Å². The molecule has 1 amide bonds. The zero-order valence-corrected chi connectivity index (χ0v) is 21.2. The van der Waals surface area contributed by atoms with Gasteiger partial charge in [-0.25, -0.2) is 0 Å². The molecule has 10 heteroatoms. The summed E-state index contributed by atoms with van der Waals surface area (Å²) in [6, 6.07) is 9.59. The minimum Gasteiger partial charge on any atom is -0.492 e. The van der Waals surface area contributed by atoms with Crippen LogP contribution in [0.25, 0.3) is 11.1 Å². The van der Waals surface area contributed by atoms with E-state index in [1.807, 2.05) is 26.0 Å².